The molecule has 33 heavy (non-hydrogen) atoms. The molecule has 0 bridgehead atoms. The van der Waals surface area contributed by atoms with Crippen LogP contribution in [0, 0.1) is 0 Å². The topological polar surface area (TPSA) is 81.0 Å². The van der Waals surface area contributed by atoms with E-state index < -0.39 is 15.9 Å². The van der Waals surface area contributed by atoms with Crippen molar-refractivity contribution in [2.24, 2.45) is 4.99 Å². The van der Waals surface area contributed by atoms with Gasteiger partial charge in [0.25, 0.3) is 5.91 Å². The predicted octanol–water partition coefficient (Wildman–Crippen LogP) is 4.11. The van der Waals surface area contributed by atoms with E-state index in [4.69, 9.17) is 16.3 Å². The zero-order valence-electron chi connectivity index (χ0n) is 18.1. The van der Waals surface area contributed by atoms with E-state index in [0.29, 0.717) is 23.0 Å². The molecule has 174 valence electrons. The molecule has 3 aromatic rings. The lowest BCUT2D eigenvalue weighted by atomic mass is 10.2. The molecule has 0 radical (unpaired) electrons. The number of carbonyl (C=O) groups is 1. The second-order valence-corrected chi connectivity index (χ2v) is 10.4. The van der Waals surface area contributed by atoms with Crippen LogP contribution in [-0.2, 0) is 21.3 Å². The van der Waals surface area contributed by atoms with Crippen LogP contribution in [0.4, 0.5) is 0 Å². The highest BCUT2D eigenvalue weighted by Crippen LogP contribution is 2.22. The third-order valence-corrected chi connectivity index (χ3v) is 7.89. The lowest BCUT2D eigenvalue weighted by molar-refractivity contribution is 0.0997. The molecule has 0 fully saturated rings. The smallest absolute Gasteiger partial charge is 0.279 e. The number of hydrogen-bond donors (Lipinski definition) is 0. The summed E-state index contributed by atoms with van der Waals surface area (Å²) in [4.78, 5) is 17.7. The number of nitrogens with zero attached hydrogens (tertiary/aromatic N) is 3. The van der Waals surface area contributed by atoms with Gasteiger partial charge in [-0.3, -0.25) is 4.79 Å². The lowest BCUT2D eigenvalue weighted by Crippen LogP contribution is -2.31. The number of fused-ring (bicyclic) bond motifs is 1. The maximum absolute atomic E-state index is 12.9. The molecule has 0 saturated heterocycles. The Morgan fingerprint density at radius 2 is 1.85 bits per heavy atom. The Labute approximate surface area is 202 Å². The molecule has 0 unspecified atom stereocenters. The van der Waals surface area contributed by atoms with Crippen LogP contribution in [0.25, 0.3) is 10.2 Å². The molecule has 0 aliphatic rings. The fourth-order valence-corrected chi connectivity index (χ4v) is 5.87. The minimum absolute atomic E-state index is 0.0782. The molecule has 0 aliphatic carbocycles. The Bertz CT molecular complexity index is 1330. The minimum atomic E-state index is -3.74. The van der Waals surface area contributed by atoms with E-state index in [1.54, 1.807) is 13.2 Å². The highest BCUT2D eigenvalue weighted by Gasteiger charge is 2.22. The van der Waals surface area contributed by atoms with Crippen LogP contribution < -0.4 is 4.80 Å². The van der Waals surface area contributed by atoms with Gasteiger partial charge in [0.1, 0.15) is 0 Å². The van der Waals surface area contributed by atoms with Gasteiger partial charge in [-0.2, -0.15) is 9.30 Å². The molecule has 1 amide bonds. The van der Waals surface area contributed by atoms with Gasteiger partial charge < -0.3 is 9.30 Å². The van der Waals surface area contributed by atoms with Crippen molar-refractivity contribution in [3.63, 3.8) is 0 Å². The molecule has 0 saturated carbocycles. The molecule has 0 atom stereocenters. The molecule has 3 rings (SSSR count). The average Bonchev–Trinajstić information content (AvgIpc) is 3.13. The van der Waals surface area contributed by atoms with Gasteiger partial charge in [0.05, 0.1) is 21.7 Å². The zero-order valence-corrected chi connectivity index (χ0v) is 20.5. The molecule has 1 aromatic heterocycles. The molecule has 7 nitrogen and oxygen atoms in total. The van der Waals surface area contributed by atoms with Crippen LogP contribution in [0.2, 0.25) is 5.02 Å². The Hall–Kier alpha value is -2.56. The van der Waals surface area contributed by atoms with Gasteiger partial charge in [-0.05, 0) is 42.5 Å². The van der Waals surface area contributed by atoms with Gasteiger partial charge >= 0.3 is 0 Å². The summed E-state index contributed by atoms with van der Waals surface area (Å²) in [5.41, 5.74) is 1.18. The Balaban J connectivity index is 1.96. The van der Waals surface area contributed by atoms with Gasteiger partial charge in [0, 0.05) is 37.3 Å². The zero-order chi connectivity index (χ0) is 24.0. The first-order valence-electron chi connectivity index (χ1n) is 10.0. The third kappa shape index (κ3) is 5.69. The van der Waals surface area contributed by atoms with Crippen LogP contribution >= 0.6 is 22.9 Å². The lowest BCUT2D eigenvalue weighted by Gasteiger charge is -2.19. The van der Waals surface area contributed by atoms with Gasteiger partial charge in [-0.25, -0.2) is 8.42 Å². The van der Waals surface area contributed by atoms with Crippen LogP contribution in [0.15, 0.2) is 77.7 Å². The normalized spacial score (nSPS) is 12.4. The maximum Gasteiger partial charge on any atom is 0.279 e. The summed E-state index contributed by atoms with van der Waals surface area (Å²) >= 11 is 7.46. The SMILES string of the molecule is C=CCN(CC=C)S(=O)(=O)c1ccc(C(=O)N=c2sc3cc(Cl)ccc3n2CCOC)cc1. The number of ether oxygens (including phenoxy) is 1. The van der Waals surface area contributed by atoms with Crippen molar-refractivity contribution in [3.8, 4) is 0 Å². The molecule has 2 aromatic carbocycles. The Kier molecular flexibility index (Phi) is 8.39. The first kappa shape index (κ1) is 25.1. The third-order valence-electron chi connectivity index (χ3n) is 4.77. The average molecular weight is 506 g/mol. The number of thiazole rings is 1. The minimum Gasteiger partial charge on any atom is -0.383 e. The highest BCUT2D eigenvalue weighted by molar-refractivity contribution is 7.89. The molecular weight excluding hydrogens is 482 g/mol. The number of hydrogen-bond acceptors (Lipinski definition) is 5. The summed E-state index contributed by atoms with van der Waals surface area (Å²) in [6.45, 7) is 8.48. The summed E-state index contributed by atoms with van der Waals surface area (Å²) in [5.74, 6) is -0.475. The van der Waals surface area contributed by atoms with Crippen LogP contribution in [0.1, 0.15) is 10.4 Å². The quantitative estimate of drug-likeness (QED) is 0.388. The van der Waals surface area contributed by atoms with Crippen molar-refractivity contribution < 1.29 is 17.9 Å². The second-order valence-electron chi connectivity index (χ2n) is 6.98. The standard InChI is InChI=1S/C23H24ClN3O4S2/c1-4-12-26(13-5-2)33(29,30)19-9-6-17(7-10-19)22(28)25-23-27(14-15-31-3)20-11-8-18(24)16-21(20)32-23/h4-11,16H,1-2,12-15H2,3H3. The van der Waals surface area contributed by atoms with E-state index in [2.05, 4.69) is 18.2 Å². The van der Waals surface area contributed by atoms with Gasteiger partial charge in [0.15, 0.2) is 4.80 Å². The molecule has 0 aliphatic heterocycles. The molecule has 0 spiro atoms. The number of rotatable bonds is 10. The van der Waals surface area contributed by atoms with E-state index in [-0.39, 0.29) is 23.5 Å². The predicted molar refractivity (Wildman–Crippen MR) is 132 cm³/mol. The number of halogens is 1. The first-order valence-corrected chi connectivity index (χ1v) is 12.6. The number of methoxy groups -OCH3 is 1. The maximum atomic E-state index is 12.9. The fourth-order valence-electron chi connectivity index (χ4n) is 3.16. The highest BCUT2D eigenvalue weighted by atomic mass is 35.5. The van der Waals surface area contributed by atoms with Crippen LogP contribution in [0.5, 0.6) is 0 Å². The first-order chi connectivity index (χ1) is 15.8. The number of sulfonamides is 1. The van der Waals surface area contributed by atoms with Crippen molar-refractivity contribution in [1.29, 1.82) is 0 Å². The molecule has 0 N–H and O–H groups in total. The van der Waals surface area contributed by atoms with Crippen molar-refractivity contribution in [2.75, 3.05) is 26.8 Å². The number of amides is 1. The summed E-state index contributed by atoms with van der Waals surface area (Å²) in [5, 5.41) is 0.597. The summed E-state index contributed by atoms with van der Waals surface area (Å²) in [6, 6.07) is 11.2. The number of aromatic nitrogens is 1. The van der Waals surface area contributed by atoms with Crippen molar-refractivity contribution >= 4 is 49.1 Å². The van der Waals surface area contributed by atoms with E-state index in [1.165, 1.54) is 52.1 Å². The molecular formula is C23H24ClN3O4S2. The summed E-state index contributed by atoms with van der Waals surface area (Å²) < 4.78 is 34.9. The van der Waals surface area contributed by atoms with E-state index in [1.807, 2.05) is 16.7 Å². The number of carbonyl (C=O) groups excluding carboxylic acids is 1. The monoisotopic (exact) mass is 505 g/mol. The fraction of sp³-hybridized carbons (Fsp3) is 0.217. The molecule has 1 heterocycles. The summed E-state index contributed by atoms with van der Waals surface area (Å²) in [6.07, 6.45) is 3.02. The second kappa shape index (κ2) is 11.0. The van der Waals surface area contributed by atoms with Gasteiger partial charge in [-0.15, -0.1) is 13.2 Å². The number of benzene rings is 2. The van der Waals surface area contributed by atoms with Crippen LogP contribution in [0.3, 0.4) is 0 Å². The van der Waals surface area contributed by atoms with E-state index in [9.17, 15) is 13.2 Å². The van der Waals surface area contributed by atoms with Gasteiger partial charge in [-0.1, -0.05) is 35.1 Å². The van der Waals surface area contributed by atoms with Crippen molar-refractivity contribution in [1.82, 2.24) is 8.87 Å². The molecule has 10 heteroatoms. The van der Waals surface area contributed by atoms with Gasteiger partial charge in [0.2, 0.25) is 10.0 Å². The largest absolute Gasteiger partial charge is 0.383 e. The van der Waals surface area contributed by atoms with Crippen molar-refractivity contribution in [3.05, 3.63) is 83.2 Å². The Morgan fingerprint density at radius 1 is 1.18 bits per heavy atom. The van der Waals surface area contributed by atoms with E-state index in [0.717, 1.165) is 10.2 Å². The van der Waals surface area contributed by atoms with Crippen molar-refractivity contribution in [2.45, 2.75) is 11.4 Å². The Morgan fingerprint density at radius 3 is 2.45 bits per heavy atom. The summed E-state index contributed by atoms with van der Waals surface area (Å²) in [7, 11) is -2.14. The van der Waals surface area contributed by atoms with E-state index >= 15 is 0 Å². The van der Waals surface area contributed by atoms with Crippen LogP contribution in [-0.4, -0.2) is 50.0 Å².